The maximum absolute atomic E-state index is 13.0. The number of carbonyl (C=O) groups is 1. The molecule has 1 aliphatic carbocycles. The number of hydrogen-bond acceptors (Lipinski definition) is 6. The Morgan fingerprint density at radius 2 is 1.84 bits per heavy atom. The Morgan fingerprint density at radius 1 is 1.10 bits per heavy atom. The van der Waals surface area contributed by atoms with Crippen molar-refractivity contribution in [3.05, 3.63) is 38.7 Å². The van der Waals surface area contributed by atoms with Crippen LogP contribution >= 0.6 is 0 Å². The van der Waals surface area contributed by atoms with Gasteiger partial charge < -0.3 is 9.64 Å². The quantitative estimate of drug-likeness (QED) is 0.764. The summed E-state index contributed by atoms with van der Waals surface area (Å²) in [5, 5.41) is 0.303. The number of piperidine rings is 1. The fraction of sp³-hybridized carbons (Fsp3) is 0.636. The third-order valence-corrected chi connectivity index (χ3v) is 6.80. The largest absolute Gasteiger partial charge is 0.379 e. The molecule has 0 radical (unpaired) electrons. The van der Waals surface area contributed by atoms with Gasteiger partial charge in [-0.2, -0.15) is 0 Å². The van der Waals surface area contributed by atoms with Crippen molar-refractivity contribution in [2.75, 3.05) is 45.9 Å². The summed E-state index contributed by atoms with van der Waals surface area (Å²) in [6.45, 7) is 6.23. The Kier molecular flexibility index (Phi) is 5.62. The first-order valence-corrected chi connectivity index (χ1v) is 11.3. The zero-order chi connectivity index (χ0) is 21.4. The molecule has 166 valence electrons. The molecule has 2 aliphatic heterocycles. The molecule has 3 aliphatic rings. The normalized spacial score (nSPS) is 21.0. The fourth-order valence-electron chi connectivity index (χ4n) is 4.72. The second-order valence-electron chi connectivity index (χ2n) is 8.93. The molecule has 2 saturated heterocycles. The summed E-state index contributed by atoms with van der Waals surface area (Å²) in [6.07, 6.45) is 6.48. The summed E-state index contributed by atoms with van der Waals surface area (Å²) < 4.78 is 6.95. The summed E-state index contributed by atoms with van der Waals surface area (Å²) >= 11 is 0. The van der Waals surface area contributed by atoms with Gasteiger partial charge in [0.1, 0.15) is 5.65 Å². The molecule has 2 aromatic heterocycles. The van der Waals surface area contributed by atoms with E-state index in [4.69, 9.17) is 4.74 Å². The summed E-state index contributed by atoms with van der Waals surface area (Å²) in [4.78, 5) is 48.6. The minimum Gasteiger partial charge on any atom is -0.379 e. The molecule has 3 fully saturated rings. The van der Waals surface area contributed by atoms with Gasteiger partial charge in [0.15, 0.2) is 0 Å². The molecule has 0 spiro atoms. The molecule has 4 heterocycles. The van der Waals surface area contributed by atoms with E-state index >= 15 is 0 Å². The predicted octanol–water partition coefficient (Wildman–Crippen LogP) is 0.994. The molecular weight excluding hydrogens is 398 g/mol. The van der Waals surface area contributed by atoms with Crippen LogP contribution in [-0.2, 0) is 4.74 Å². The van der Waals surface area contributed by atoms with Crippen LogP contribution in [0.4, 0.5) is 0 Å². The number of hydrogen-bond donors (Lipinski definition) is 1. The van der Waals surface area contributed by atoms with Gasteiger partial charge in [-0.25, -0.2) is 9.78 Å². The van der Waals surface area contributed by atoms with Crippen molar-refractivity contribution in [2.45, 2.75) is 38.1 Å². The summed E-state index contributed by atoms with van der Waals surface area (Å²) in [5.41, 5.74) is -0.132. The molecule has 5 rings (SSSR count). The van der Waals surface area contributed by atoms with E-state index in [1.807, 2.05) is 4.90 Å². The molecule has 1 amide bonds. The molecule has 0 aromatic carbocycles. The molecule has 0 unspecified atom stereocenters. The molecule has 31 heavy (non-hydrogen) atoms. The van der Waals surface area contributed by atoms with Crippen LogP contribution in [0.25, 0.3) is 11.0 Å². The van der Waals surface area contributed by atoms with Gasteiger partial charge in [-0.3, -0.25) is 24.0 Å². The van der Waals surface area contributed by atoms with Crippen molar-refractivity contribution < 1.29 is 9.53 Å². The van der Waals surface area contributed by atoms with E-state index in [0.717, 1.165) is 78.0 Å². The third kappa shape index (κ3) is 4.29. The van der Waals surface area contributed by atoms with Crippen LogP contribution in [0.15, 0.2) is 21.9 Å². The highest BCUT2D eigenvalue weighted by atomic mass is 16.5. The van der Waals surface area contributed by atoms with Crippen molar-refractivity contribution in [1.82, 2.24) is 24.3 Å². The lowest BCUT2D eigenvalue weighted by Gasteiger charge is -2.34. The Bertz CT molecular complexity index is 1080. The highest BCUT2D eigenvalue weighted by Gasteiger charge is 2.29. The second kappa shape index (κ2) is 8.55. The number of ether oxygens (including phenoxy) is 1. The number of aromatic amines is 1. The van der Waals surface area contributed by atoms with E-state index in [9.17, 15) is 14.4 Å². The monoisotopic (exact) mass is 427 g/mol. The zero-order valence-electron chi connectivity index (χ0n) is 17.7. The van der Waals surface area contributed by atoms with Crippen LogP contribution in [0.2, 0.25) is 0 Å². The number of morpholine rings is 1. The fourth-order valence-corrected chi connectivity index (χ4v) is 4.72. The Hall–Kier alpha value is -2.52. The van der Waals surface area contributed by atoms with Crippen molar-refractivity contribution in [3.8, 4) is 0 Å². The standard InChI is InChI=1S/C22H29N5O4/c28-20-18-13-16(14-23-19(18)27(17-1-2-17)22(30)24-20)21(29)26-7-4-15(5-8-26)3-6-25-9-11-31-12-10-25/h13-15,17H,1-12H2,(H,24,28,30). The number of aromatic nitrogens is 3. The van der Waals surface area contributed by atoms with E-state index in [1.54, 1.807) is 10.6 Å². The van der Waals surface area contributed by atoms with Gasteiger partial charge in [0.2, 0.25) is 0 Å². The zero-order valence-corrected chi connectivity index (χ0v) is 17.7. The van der Waals surface area contributed by atoms with Gasteiger partial charge in [0.25, 0.3) is 11.5 Å². The number of nitrogens with zero attached hydrogens (tertiary/aromatic N) is 4. The Morgan fingerprint density at radius 3 is 2.55 bits per heavy atom. The van der Waals surface area contributed by atoms with Crippen molar-refractivity contribution in [1.29, 1.82) is 0 Å². The van der Waals surface area contributed by atoms with E-state index in [-0.39, 0.29) is 11.9 Å². The summed E-state index contributed by atoms with van der Waals surface area (Å²) in [6, 6.07) is 1.68. The van der Waals surface area contributed by atoms with Gasteiger partial charge >= 0.3 is 5.69 Å². The molecule has 0 bridgehead atoms. The lowest BCUT2D eigenvalue weighted by atomic mass is 9.93. The minimum absolute atomic E-state index is 0.0930. The summed E-state index contributed by atoms with van der Waals surface area (Å²) in [7, 11) is 0. The number of rotatable bonds is 5. The molecule has 1 saturated carbocycles. The number of likely N-dealkylation sites (tertiary alicyclic amines) is 1. The third-order valence-electron chi connectivity index (χ3n) is 6.80. The van der Waals surface area contributed by atoms with Gasteiger partial charge in [-0.1, -0.05) is 0 Å². The van der Waals surface area contributed by atoms with Crippen LogP contribution in [0.1, 0.15) is 48.5 Å². The maximum atomic E-state index is 13.0. The molecule has 1 N–H and O–H groups in total. The maximum Gasteiger partial charge on any atom is 0.330 e. The molecule has 9 nitrogen and oxygen atoms in total. The van der Waals surface area contributed by atoms with Crippen LogP contribution < -0.4 is 11.2 Å². The van der Waals surface area contributed by atoms with Crippen LogP contribution in [0.3, 0.4) is 0 Å². The van der Waals surface area contributed by atoms with Crippen molar-refractivity contribution in [3.63, 3.8) is 0 Å². The van der Waals surface area contributed by atoms with Crippen molar-refractivity contribution in [2.24, 2.45) is 5.92 Å². The topological polar surface area (TPSA) is 101 Å². The second-order valence-corrected chi connectivity index (χ2v) is 8.93. The van der Waals surface area contributed by atoms with Gasteiger partial charge in [0, 0.05) is 38.4 Å². The minimum atomic E-state index is -0.485. The van der Waals surface area contributed by atoms with Crippen LogP contribution in [-0.4, -0.2) is 76.2 Å². The van der Waals surface area contributed by atoms with Crippen LogP contribution in [0.5, 0.6) is 0 Å². The molecular formula is C22H29N5O4. The predicted molar refractivity (Wildman–Crippen MR) is 115 cm³/mol. The first-order chi connectivity index (χ1) is 15.1. The van der Waals surface area contributed by atoms with Crippen LogP contribution in [0, 0.1) is 5.92 Å². The van der Waals surface area contributed by atoms with E-state index in [2.05, 4.69) is 14.9 Å². The average Bonchev–Trinajstić information content (AvgIpc) is 3.63. The molecule has 2 aromatic rings. The first-order valence-electron chi connectivity index (χ1n) is 11.3. The lowest BCUT2D eigenvalue weighted by molar-refractivity contribution is 0.0332. The number of carbonyl (C=O) groups excluding carboxylic acids is 1. The number of pyridine rings is 1. The smallest absolute Gasteiger partial charge is 0.330 e. The Balaban J connectivity index is 1.24. The highest BCUT2D eigenvalue weighted by Crippen LogP contribution is 2.34. The first kappa shape index (κ1) is 20.4. The van der Waals surface area contributed by atoms with Crippen molar-refractivity contribution >= 4 is 16.9 Å². The van der Waals surface area contributed by atoms with Gasteiger partial charge in [-0.15, -0.1) is 0 Å². The highest BCUT2D eigenvalue weighted by molar-refractivity contribution is 5.96. The number of amides is 1. The average molecular weight is 428 g/mol. The SMILES string of the molecule is O=C(c1cnc2c(c1)c(=O)[nH]c(=O)n2C1CC1)N1CCC(CCN2CCOCC2)CC1. The lowest BCUT2D eigenvalue weighted by Crippen LogP contribution is -2.41. The molecule has 0 atom stereocenters. The summed E-state index contributed by atoms with van der Waals surface area (Å²) in [5.74, 6) is 0.544. The number of nitrogens with one attached hydrogen (secondary N) is 1. The number of H-pyrrole nitrogens is 1. The number of fused-ring (bicyclic) bond motifs is 1. The van der Waals surface area contributed by atoms with Gasteiger partial charge in [-0.05, 0) is 50.6 Å². The van der Waals surface area contributed by atoms with E-state index in [1.165, 1.54) is 6.20 Å². The molecule has 9 heteroatoms. The Labute approximate surface area is 180 Å². The van der Waals surface area contributed by atoms with Gasteiger partial charge in [0.05, 0.1) is 24.2 Å². The van der Waals surface area contributed by atoms with E-state index < -0.39 is 11.2 Å². The van der Waals surface area contributed by atoms with E-state index in [0.29, 0.717) is 22.5 Å².